The third-order valence-electron chi connectivity index (χ3n) is 13.9. The number of nitrogens with one attached hydrogen (secondary N) is 1. The standard InChI is InChI=1S/C47H52N6O4/c1-31-39-25-36(11-14-41(39)53(49-31)42-15-16-44(55)48-46(42)56)52-23-21-50(22-24-52)29-32-27-47(28-32)17-19-51(20-18-47)35-9-7-34(8-10-35)45-38-13-12-37(54)26-43(38)57-30-40(45)33-5-3-2-4-6-33/h2-14,25-26,32,40,42,45,54H,15-24,27-30H2,1H3,(H,48,55,56)/t40-,42?,45-/m1/s1. The summed E-state index contributed by atoms with van der Waals surface area (Å²) in [6.07, 6.45) is 6.08. The lowest BCUT2D eigenvalue weighted by Gasteiger charge is -2.54. The Bertz CT molecular complexity index is 2280. The van der Waals surface area contributed by atoms with Gasteiger partial charge in [-0.3, -0.25) is 24.5 Å². The molecule has 1 saturated carbocycles. The van der Waals surface area contributed by atoms with E-state index in [1.165, 1.54) is 54.7 Å². The number of ether oxygens (including phenoxy) is 1. The second-order valence-corrected chi connectivity index (χ2v) is 17.4. The van der Waals surface area contributed by atoms with Crippen LogP contribution in [0, 0.1) is 18.3 Å². The van der Waals surface area contributed by atoms with Crippen molar-refractivity contribution in [2.24, 2.45) is 11.3 Å². The summed E-state index contributed by atoms with van der Waals surface area (Å²) in [6, 6.07) is 31.6. The van der Waals surface area contributed by atoms with Gasteiger partial charge in [-0.2, -0.15) is 5.10 Å². The van der Waals surface area contributed by atoms with Crippen molar-refractivity contribution in [3.05, 3.63) is 113 Å². The number of phenolic OH excluding ortho intramolecular Hbond substituents is 1. The van der Waals surface area contributed by atoms with Crippen LogP contribution in [-0.4, -0.2) is 84.0 Å². The van der Waals surface area contributed by atoms with Crippen molar-refractivity contribution in [1.82, 2.24) is 20.0 Å². The monoisotopic (exact) mass is 764 g/mol. The lowest BCUT2D eigenvalue weighted by Crippen LogP contribution is -2.52. The molecule has 10 heteroatoms. The first-order valence-corrected chi connectivity index (χ1v) is 20.9. The SMILES string of the molecule is Cc1nn(C2CCC(=O)NC2=O)c2ccc(N3CCN(CC4CC5(CCN(c6ccc([C@@H]7c8ccc(O)cc8OC[C@@H]7c7ccccc7)cc6)CC5)C4)CC3)cc12. The van der Waals surface area contributed by atoms with Gasteiger partial charge < -0.3 is 19.6 Å². The molecule has 4 aromatic carbocycles. The Labute approximate surface area is 334 Å². The Hall–Kier alpha value is -5.35. The smallest absolute Gasteiger partial charge is 0.251 e. The van der Waals surface area contributed by atoms with E-state index in [1.54, 1.807) is 12.1 Å². The highest BCUT2D eigenvalue weighted by Gasteiger charge is 2.46. The molecule has 4 aliphatic heterocycles. The number of hydrogen-bond acceptors (Lipinski definition) is 8. The number of piperazine rings is 1. The van der Waals surface area contributed by atoms with Gasteiger partial charge in [0.2, 0.25) is 5.91 Å². The normalized spacial score (nSPS) is 23.9. The minimum absolute atomic E-state index is 0.156. The van der Waals surface area contributed by atoms with Crippen LogP contribution in [0.2, 0.25) is 0 Å². The maximum absolute atomic E-state index is 12.6. The maximum Gasteiger partial charge on any atom is 0.251 e. The molecule has 2 amide bonds. The average Bonchev–Trinajstić information content (AvgIpc) is 3.55. The number of piperidine rings is 2. The molecule has 1 aromatic heterocycles. The first kappa shape index (κ1) is 36.0. The van der Waals surface area contributed by atoms with Crippen molar-refractivity contribution in [3.8, 4) is 11.5 Å². The number of aromatic hydroxyl groups is 1. The quantitative estimate of drug-likeness (QED) is 0.169. The van der Waals surface area contributed by atoms with Crippen molar-refractivity contribution in [3.63, 3.8) is 0 Å². The zero-order valence-electron chi connectivity index (χ0n) is 32.8. The molecule has 0 radical (unpaired) electrons. The Balaban J connectivity index is 0.719. The molecule has 5 aromatic rings. The van der Waals surface area contributed by atoms with Gasteiger partial charge in [0.1, 0.15) is 17.5 Å². The minimum Gasteiger partial charge on any atom is -0.508 e. The summed E-state index contributed by atoms with van der Waals surface area (Å²) >= 11 is 0. The Morgan fingerprint density at radius 3 is 2.32 bits per heavy atom. The number of nitrogens with zero attached hydrogens (tertiary/aromatic N) is 5. The van der Waals surface area contributed by atoms with Gasteiger partial charge in [-0.25, -0.2) is 0 Å². The number of fused-ring (bicyclic) bond motifs is 2. The first-order valence-electron chi connectivity index (χ1n) is 20.9. The van der Waals surface area contributed by atoms with Crippen LogP contribution in [0.4, 0.5) is 11.4 Å². The van der Waals surface area contributed by atoms with Crippen LogP contribution in [0.15, 0.2) is 91.0 Å². The third kappa shape index (κ3) is 6.81. The highest BCUT2D eigenvalue weighted by molar-refractivity contribution is 6.00. The van der Waals surface area contributed by atoms with Gasteiger partial charge in [-0.05, 0) is 97.9 Å². The van der Waals surface area contributed by atoms with Gasteiger partial charge in [0.15, 0.2) is 0 Å². The number of anilines is 2. The lowest BCUT2D eigenvalue weighted by atomic mass is 9.57. The number of aryl methyl sites for hydroxylation is 1. The van der Waals surface area contributed by atoms with Crippen LogP contribution in [0.5, 0.6) is 11.5 Å². The summed E-state index contributed by atoms with van der Waals surface area (Å²) < 4.78 is 8.00. The van der Waals surface area contributed by atoms with Crippen LogP contribution >= 0.6 is 0 Å². The number of benzene rings is 4. The van der Waals surface area contributed by atoms with Gasteiger partial charge in [0, 0.05) is 92.5 Å². The van der Waals surface area contributed by atoms with Crippen molar-refractivity contribution >= 4 is 34.1 Å². The molecule has 0 bridgehead atoms. The zero-order chi connectivity index (χ0) is 38.7. The van der Waals surface area contributed by atoms with Crippen LogP contribution in [0.25, 0.3) is 10.9 Å². The van der Waals surface area contributed by atoms with Crippen LogP contribution in [0.1, 0.15) is 78.8 Å². The molecule has 1 aliphatic carbocycles. The van der Waals surface area contributed by atoms with E-state index in [2.05, 4.69) is 92.8 Å². The fourth-order valence-corrected chi connectivity index (χ4v) is 10.8. The number of rotatable bonds is 7. The van der Waals surface area contributed by atoms with Crippen molar-refractivity contribution in [2.45, 2.75) is 63.3 Å². The molecule has 1 unspecified atom stereocenters. The van der Waals surface area contributed by atoms with Crippen LogP contribution in [-0.2, 0) is 9.59 Å². The topological polar surface area (TPSA) is 103 Å². The highest BCUT2D eigenvalue weighted by Crippen LogP contribution is 2.53. The summed E-state index contributed by atoms with van der Waals surface area (Å²) in [4.78, 5) is 32.0. The predicted molar refractivity (Wildman–Crippen MR) is 222 cm³/mol. The van der Waals surface area contributed by atoms with Crippen molar-refractivity contribution in [2.75, 3.05) is 62.2 Å². The fraction of sp³-hybridized carbons (Fsp3) is 0.426. The Kier molecular flexibility index (Phi) is 9.19. The number of aromatic nitrogens is 2. The van der Waals surface area contributed by atoms with Gasteiger partial charge in [0.25, 0.3) is 5.91 Å². The molecule has 10 rings (SSSR count). The summed E-state index contributed by atoms with van der Waals surface area (Å²) in [5, 5.41) is 18.4. The minimum atomic E-state index is -0.446. The molecule has 4 fully saturated rings. The van der Waals surface area contributed by atoms with Gasteiger partial charge in [0.05, 0.1) is 17.8 Å². The Morgan fingerprint density at radius 1 is 0.825 bits per heavy atom. The van der Waals surface area contributed by atoms with E-state index in [0.29, 0.717) is 24.9 Å². The number of carbonyl (C=O) groups excluding carboxylic acids is 2. The summed E-state index contributed by atoms with van der Waals surface area (Å²) in [7, 11) is 0. The van der Waals surface area contributed by atoms with Crippen molar-refractivity contribution in [1.29, 1.82) is 0 Å². The van der Waals surface area contributed by atoms with Crippen molar-refractivity contribution < 1.29 is 19.4 Å². The van der Waals surface area contributed by atoms with Gasteiger partial charge in [-0.15, -0.1) is 0 Å². The number of phenols is 1. The van der Waals surface area contributed by atoms with E-state index in [1.807, 2.05) is 17.7 Å². The van der Waals surface area contributed by atoms with E-state index < -0.39 is 6.04 Å². The largest absolute Gasteiger partial charge is 0.508 e. The van der Waals surface area contributed by atoms with E-state index in [-0.39, 0.29) is 29.4 Å². The summed E-state index contributed by atoms with van der Waals surface area (Å²) in [5.41, 5.74) is 8.59. The lowest BCUT2D eigenvalue weighted by molar-refractivity contribution is -0.135. The molecule has 5 heterocycles. The number of carbonyl (C=O) groups is 2. The van der Waals surface area contributed by atoms with E-state index in [0.717, 1.165) is 73.1 Å². The number of hydrogen-bond donors (Lipinski definition) is 2. The molecule has 1 spiro atoms. The number of amides is 2. The molecular formula is C47H52N6O4. The Morgan fingerprint density at radius 2 is 1.56 bits per heavy atom. The molecule has 3 atom stereocenters. The second kappa shape index (κ2) is 14.5. The molecular weight excluding hydrogens is 713 g/mol. The van der Waals surface area contributed by atoms with E-state index in [4.69, 9.17) is 9.84 Å². The summed E-state index contributed by atoms with van der Waals surface area (Å²) in [6.45, 7) is 10.2. The van der Waals surface area contributed by atoms with Crippen LogP contribution in [0.3, 0.4) is 0 Å². The second-order valence-electron chi connectivity index (χ2n) is 17.4. The molecule has 10 nitrogen and oxygen atoms in total. The molecule has 294 valence electrons. The van der Waals surface area contributed by atoms with Gasteiger partial charge >= 0.3 is 0 Å². The molecule has 3 saturated heterocycles. The van der Waals surface area contributed by atoms with Crippen LogP contribution < -0.4 is 19.9 Å². The maximum atomic E-state index is 12.6. The zero-order valence-corrected chi connectivity index (χ0v) is 32.8. The fourth-order valence-electron chi connectivity index (χ4n) is 10.8. The molecule has 5 aliphatic rings. The average molecular weight is 765 g/mol. The number of imide groups is 1. The molecule has 57 heavy (non-hydrogen) atoms. The van der Waals surface area contributed by atoms with E-state index >= 15 is 0 Å². The van der Waals surface area contributed by atoms with E-state index in [9.17, 15) is 14.7 Å². The highest BCUT2D eigenvalue weighted by atomic mass is 16.5. The molecule has 2 N–H and O–H groups in total. The summed E-state index contributed by atoms with van der Waals surface area (Å²) in [5.74, 6) is 1.70. The first-order chi connectivity index (χ1) is 27.8. The van der Waals surface area contributed by atoms with Gasteiger partial charge in [-0.1, -0.05) is 48.5 Å². The third-order valence-corrected chi connectivity index (χ3v) is 13.9. The predicted octanol–water partition coefficient (Wildman–Crippen LogP) is 7.15.